The highest BCUT2D eigenvalue weighted by atomic mass is 19.3. The Hall–Kier alpha value is -2.36. The van der Waals surface area contributed by atoms with E-state index < -0.39 is 30.8 Å². The number of alkyl halides is 4. The summed E-state index contributed by atoms with van der Waals surface area (Å²) in [6.45, 7) is -0.139. The SMILES string of the molecule is CC1(N)N=C(Nc2ccccc2)NC(OCC(F)(F)C(F)F)=N1. The maximum atomic E-state index is 12.9. The Kier molecular flexibility index (Phi) is 4.73. The van der Waals surface area contributed by atoms with Crippen molar-refractivity contribution in [3.63, 3.8) is 0 Å². The number of guanidine groups is 1. The summed E-state index contributed by atoms with van der Waals surface area (Å²) in [5, 5.41) is 5.33. The zero-order valence-corrected chi connectivity index (χ0v) is 12.1. The number of nitrogens with two attached hydrogens (primary N) is 1. The molecule has 0 radical (unpaired) electrons. The van der Waals surface area contributed by atoms with Crippen LogP contribution in [0.2, 0.25) is 0 Å². The van der Waals surface area contributed by atoms with Crippen molar-refractivity contribution >= 4 is 17.7 Å². The molecule has 126 valence electrons. The molecule has 0 aliphatic carbocycles. The molecule has 0 spiro atoms. The molecule has 1 aliphatic rings. The molecule has 23 heavy (non-hydrogen) atoms. The first-order valence-corrected chi connectivity index (χ1v) is 6.54. The van der Waals surface area contributed by atoms with E-state index in [4.69, 9.17) is 5.73 Å². The van der Waals surface area contributed by atoms with E-state index in [1.54, 1.807) is 30.3 Å². The van der Waals surface area contributed by atoms with Gasteiger partial charge >= 0.3 is 12.3 Å². The second kappa shape index (κ2) is 6.41. The van der Waals surface area contributed by atoms with E-state index in [9.17, 15) is 17.6 Å². The number of benzene rings is 1. The lowest BCUT2D eigenvalue weighted by Gasteiger charge is -2.26. The van der Waals surface area contributed by atoms with E-state index in [1.165, 1.54) is 6.92 Å². The predicted octanol–water partition coefficient (Wildman–Crippen LogP) is 1.96. The quantitative estimate of drug-likeness (QED) is 0.736. The number of hydrogen-bond acceptors (Lipinski definition) is 6. The molecule has 1 aliphatic heterocycles. The van der Waals surface area contributed by atoms with Crippen LogP contribution in [0.25, 0.3) is 0 Å². The number of anilines is 1. The van der Waals surface area contributed by atoms with Crippen molar-refractivity contribution in [2.75, 3.05) is 11.9 Å². The molecule has 2 rings (SSSR count). The van der Waals surface area contributed by atoms with Crippen molar-refractivity contribution in [1.82, 2.24) is 5.32 Å². The van der Waals surface area contributed by atoms with Gasteiger partial charge in [-0.15, -0.1) is 0 Å². The van der Waals surface area contributed by atoms with Gasteiger partial charge < -0.3 is 10.1 Å². The van der Waals surface area contributed by atoms with Crippen LogP contribution in [0.3, 0.4) is 0 Å². The minimum absolute atomic E-state index is 0.0894. The summed E-state index contributed by atoms with van der Waals surface area (Å²) >= 11 is 0. The molecule has 10 heteroatoms. The van der Waals surface area contributed by atoms with E-state index in [2.05, 4.69) is 25.4 Å². The minimum Gasteiger partial charge on any atom is -0.458 e. The Morgan fingerprint density at radius 3 is 2.57 bits per heavy atom. The lowest BCUT2D eigenvalue weighted by atomic mass is 10.3. The maximum absolute atomic E-state index is 12.9. The van der Waals surface area contributed by atoms with E-state index >= 15 is 0 Å². The number of para-hydroxylation sites is 1. The Morgan fingerprint density at radius 2 is 1.96 bits per heavy atom. The molecule has 6 nitrogen and oxygen atoms in total. The number of aliphatic imine (C=N–C) groups is 2. The molecular weight excluding hydrogens is 318 g/mol. The van der Waals surface area contributed by atoms with Gasteiger partial charge in [-0.25, -0.2) is 13.8 Å². The molecule has 0 amide bonds. The van der Waals surface area contributed by atoms with Crippen LogP contribution in [0.5, 0.6) is 0 Å². The van der Waals surface area contributed by atoms with Crippen LogP contribution in [0.1, 0.15) is 6.92 Å². The molecule has 4 N–H and O–H groups in total. The van der Waals surface area contributed by atoms with Gasteiger partial charge in [-0.2, -0.15) is 13.8 Å². The van der Waals surface area contributed by atoms with Gasteiger partial charge in [0.1, 0.15) is 0 Å². The fourth-order valence-corrected chi connectivity index (χ4v) is 1.63. The Morgan fingerprint density at radius 1 is 1.30 bits per heavy atom. The van der Waals surface area contributed by atoms with Gasteiger partial charge in [0.15, 0.2) is 6.61 Å². The van der Waals surface area contributed by atoms with Crippen molar-refractivity contribution in [2.24, 2.45) is 15.7 Å². The molecule has 0 bridgehead atoms. The van der Waals surface area contributed by atoms with Crippen LogP contribution in [-0.2, 0) is 4.74 Å². The van der Waals surface area contributed by atoms with E-state index in [0.717, 1.165) is 0 Å². The Balaban J connectivity index is 2.04. The standard InChI is InChI=1S/C13H15F4N5O/c1-12(18)21-10(19-8-5-3-2-4-6-8)20-11(22-12)23-7-13(16,17)9(14)15/h2-6,9H,7,18H2,1H3,(H2,19,20,21,22). The third-order valence-corrected chi connectivity index (χ3v) is 2.65. The number of nitrogens with zero attached hydrogens (tertiary/aromatic N) is 2. The minimum atomic E-state index is -4.29. The van der Waals surface area contributed by atoms with Crippen molar-refractivity contribution in [3.05, 3.63) is 30.3 Å². The number of hydrogen-bond donors (Lipinski definition) is 3. The number of halogens is 4. The highest BCUT2D eigenvalue weighted by molar-refractivity contribution is 6.04. The molecule has 1 aromatic rings. The highest BCUT2D eigenvalue weighted by Gasteiger charge is 2.42. The van der Waals surface area contributed by atoms with Crippen molar-refractivity contribution < 1.29 is 22.3 Å². The molecule has 0 saturated carbocycles. The van der Waals surface area contributed by atoms with Crippen molar-refractivity contribution in [2.45, 2.75) is 25.1 Å². The molecule has 1 atom stereocenters. The van der Waals surface area contributed by atoms with Gasteiger partial charge in [0.2, 0.25) is 11.7 Å². The first kappa shape index (κ1) is 17.0. The van der Waals surface area contributed by atoms with Gasteiger partial charge in [0, 0.05) is 5.69 Å². The summed E-state index contributed by atoms with van der Waals surface area (Å²) in [6, 6.07) is 8.37. The molecular formula is C13H15F4N5O. The van der Waals surface area contributed by atoms with Crippen LogP contribution >= 0.6 is 0 Å². The highest BCUT2D eigenvalue weighted by Crippen LogP contribution is 2.23. The zero-order chi connectivity index (χ0) is 17.1. The second-order valence-corrected chi connectivity index (χ2v) is 4.94. The normalized spacial score (nSPS) is 21.3. The summed E-state index contributed by atoms with van der Waals surface area (Å²) < 4.78 is 54.7. The largest absolute Gasteiger partial charge is 0.458 e. The van der Waals surface area contributed by atoms with E-state index in [-0.39, 0.29) is 5.96 Å². The monoisotopic (exact) mass is 333 g/mol. The van der Waals surface area contributed by atoms with Crippen molar-refractivity contribution in [3.8, 4) is 0 Å². The van der Waals surface area contributed by atoms with Gasteiger partial charge in [-0.1, -0.05) is 18.2 Å². The van der Waals surface area contributed by atoms with Gasteiger partial charge in [-0.05, 0) is 19.1 Å². The van der Waals surface area contributed by atoms with E-state index in [1.807, 2.05) is 0 Å². The van der Waals surface area contributed by atoms with Crippen molar-refractivity contribution in [1.29, 1.82) is 0 Å². The first-order chi connectivity index (χ1) is 10.7. The third-order valence-electron chi connectivity index (χ3n) is 2.65. The summed E-state index contributed by atoms with van der Waals surface area (Å²) in [6.07, 6.45) is -3.84. The molecule has 1 heterocycles. The van der Waals surface area contributed by atoms with Gasteiger partial charge in [0.25, 0.3) is 6.02 Å². The smallest absolute Gasteiger partial charge is 0.340 e. The average Bonchev–Trinajstić information content (AvgIpc) is 2.44. The number of nitrogens with one attached hydrogen (secondary N) is 2. The lowest BCUT2D eigenvalue weighted by molar-refractivity contribution is -0.151. The Bertz CT molecular complexity index is 604. The molecule has 1 unspecified atom stereocenters. The second-order valence-electron chi connectivity index (χ2n) is 4.94. The maximum Gasteiger partial charge on any atom is 0.340 e. The summed E-state index contributed by atoms with van der Waals surface area (Å²) in [4.78, 5) is 7.73. The van der Waals surface area contributed by atoms with E-state index in [0.29, 0.717) is 5.69 Å². The van der Waals surface area contributed by atoms with Gasteiger partial charge in [-0.3, -0.25) is 11.1 Å². The number of rotatable bonds is 4. The van der Waals surface area contributed by atoms with Crippen LogP contribution in [0, 0.1) is 0 Å². The van der Waals surface area contributed by atoms with Crippen LogP contribution in [0.4, 0.5) is 23.2 Å². The van der Waals surface area contributed by atoms with Gasteiger partial charge in [0.05, 0.1) is 0 Å². The fraction of sp³-hybridized carbons (Fsp3) is 0.385. The lowest BCUT2D eigenvalue weighted by Crippen LogP contribution is -2.49. The molecule has 0 aromatic heterocycles. The summed E-state index contributed by atoms with van der Waals surface area (Å²) in [5.74, 6) is -5.69. The molecule has 0 fully saturated rings. The first-order valence-electron chi connectivity index (χ1n) is 6.54. The molecule has 1 aromatic carbocycles. The fourth-order valence-electron chi connectivity index (χ4n) is 1.63. The van der Waals surface area contributed by atoms with Crippen LogP contribution in [0.15, 0.2) is 40.3 Å². The average molecular weight is 333 g/mol. The Labute approximate surface area is 129 Å². The zero-order valence-electron chi connectivity index (χ0n) is 12.1. The third kappa shape index (κ3) is 4.81. The topological polar surface area (TPSA) is 84.0 Å². The predicted molar refractivity (Wildman–Crippen MR) is 77.6 cm³/mol. The summed E-state index contributed by atoms with van der Waals surface area (Å²) in [7, 11) is 0. The summed E-state index contributed by atoms with van der Waals surface area (Å²) in [5.41, 5.74) is 6.39. The van der Waals surface area contributed by atoms with Crippen LogP contribution < -0.4 is 16.4 Å². The van der Waals surface area contributed by atoms with Crippen LogP contribution in [-0.4, -0.2) is 36.7 Å². The number of amidine groups is 1. The number of ether oxygens (including phenoxy) is 1. The molecule has 0 saturated heterocycles.